The van der Waals surface area contributed by atoms with E-state index in [-0.39, 0.29) is 11.3 Å². The number of carbonyl (C=O) groups excluding carboxylic acids is 1. The topological polar surface area (TPSA) is 40.9 Å². The van der Waals surface area contributed by atoms with Crippen LogP contribution in [0.3, 0.4) is 0 Å². The van der Waals surface area contributed by atoms with Crippen LogP contribution < -0.4 is 0 Å². The SMILES string of the molecule is CCCCN(CCCC)C(=O)c1ccn2nc(-c3ccc(C(C)(C)C)cc3)c(/C=C/CN3CCCCC3)c2c1. The maximum Gasteiger partial charge on any atom is 0.253 e. The van der Waals surface area contributed by atoms with Crippen molar-refractivity contribution in [3.63, 3.8) is 0 Å². The molecular weight excluding hydrogens is 480 g/mol. The Morgan fingerprint density at radius 1 is 0.974 bits per heavy atom. The van der Waals surface area contributed by atoms with E-state index in [1.807, 2.05) is 27.7 Å². The summed E-state index contributed by atoms with van der Waals surface area (Å²) >= 11 is 0. The molecule has 0 bridgehead atoms. The molecule has 0 unspecified atom stereocenters. The molecule has 0 spiro atoms. The number of likely N-dealkylation sites (tertiary alicyclic amines) is 1. The lowest BCUT2D eigenvalue weighted by atomic mass is 9.86. The van der Waals surface area contributed by atoms with Crippen LogP contribution in [0.5, 0.6) is 0 Å². The molecular formula is C34H48N4O. The molecule has 5 nitrogen and oxygen atoms in total. The number of hydrogen-bond donors (Lipinski definition) is 0. The van der Waals surface area contributed by atoms with Crippen molar-refractivity contribution in [2.45, 2.75) is 85.0 Å². The van der Waals surface area contributed by atoms with E-state index in [9.17, 15) is 4.79 Å². The number of unbranched alkanes of at least 4 members (excludes halogenated alkanes) is 2. The highest BCUT2D eigenvalue weighted by Gasteiger charge is 2.20. The Labute approximate surface area is 235 Å². The minimum Gasteiger partial charge on any atom is -0.339 e. The van der Waals surface area contributed by atoms with Gasteiger partial charge >= 0.3 is 0 Å². The normalized spacial score (nSPS) is 14.9. The molecule has 210 valence electrons. The first-order valence-corrected chi connectivity index (χ1v) is 15.1. The van der Waals surface area contributed by atoms with Crippen LogP contribution in [0.25, 0.3) is 22.9 Å². The quantitative estimate of drug-likeness (QED) is 0.254. The smallest absolute Gasteiger partial charge is 0.253 e. The second-order valence-electron chi connectivity index (χ2n) is 12.1. The van der Waals surface area contributed by atoms with Gasteiger partial charge in [-0.25, -0.2) is 4.52 Å². The highest BCUT2D eigenvalue weighted by atomic mass is 16.2. The molecule has 4 rings (SSSR count). The van der Waals surface area contributed by atoms with E-state index in [0.717, 1.165) is 73.2 Å². The summed E-state index contributed by atoms with van der Waals surface area (Å²) in [5.74, 6) is 0.125. The largest absolute Gasteiger partial charge is 0.339 e. The van der Waals surface area contributed by atoms with E-state index in [0.29, 0.717) is 0 Å². The fraction of sp³-hybridized carbons (Fsp3) is 0.529. The van der Waals surface area contributed by atoms with Gasteiger partial charge in [0.05, 0.1) is 5.52 Å². The fourth-order valence-corrected chi connectivity index (χ4v) is 5.36. The molecule has 1 saturated heterocycles. The number of pyridine rings is 1. The average molecular weight is 529 g/mol. The Bertz CT molecular complexity index is 1230. The fourth-order valence-electron chi connectivity index (χ4n) is 5.36. The maximum atomic E-state index is 13.6. The molecule has 0 saturated carbocycles. The van der Waals surface area contributed by atoms with Crippen LogP contribution in [0.15, 0.2) is 48.7 Å². The van der Waals surface area contributed by atoms with Gasteiger partial charge in [-0.3, -0.25) is 9.69 Å². The number of hydrogen-bond acceptors (Lipinski definition) is 3. The van der Waals surface area contributed by atoms with Crippen LogP contribution in [0.4, 0.5) is 0 Å². The third-order valence-corrected chi connectivity index (χ3v) is 7.89. The molecule has 0 radical (unpaired) electrons. The molecule has 3 aromatic rings. The Morgan fingerprint density at radius 2 is 1.64 bits per heavy atom. The van der Waals surface area contributed by atoms with Gasteiger partial charge < -0.3 is 4.90 Å². The summed E-state index contributed by atoms with van der Waals surface area (Å²) in [6, 6.07) is 12.8. The van der Waals surface area contributed by atoms with E-state index < -0.39 is 0 Å². The third kappa shape index (κ3) is 7.39. The van der Waals surface area contributed by atoms with Crippen LogP contribution in [-0.4, -0.2) is 58.0 Å². The summed E-state index contributed by atoms with van der Waals surface area (Å²) in [5.41, 5.74) is 6.29. The van der Waals surface area contributed by atoms with Gasteiger partial charge in [-0.1, -0.05) is 90.3 Å². The summed E-state index contributed by atoms with van der Waals surface area (Å²) in [7, 11) is 0. The molecule has 1 amide bonds. The van der Waals surface area contributed by atoms with Gasteiger partial charge in [0.1, 0.15) is 5.69 Å². The minimum absolute atomic E-state index is 0.102. The Kier molecular flexibility index (Phi) is 10.0. The molecule has 1 aliphatic rings. The summed E-state index contributed by atoms with van der Waals surface area (Å²) in [6.07, 6.45) is 14.6. The van der Waals surface area contributed by atoms with Crippen molar-refractivity contribution in [1.82, 2.24) is 19.4 Å². The van der Waals surface area contributed by atoms with Crippen molar-refractivity contribution >= 4 is 17.5 Å². The van der Waals surface area contributed by atoms with Crippen molar-refractivity contribution in [2.75, 3.05) is 32.7 Å². The number of aromatic nitrogens is 2. The van der Waals surface area contributed by atoms with Gasteiger partial charge in [-0.15, -0.1) is 0 Å². The summed E-state index contributed by atoms with van der Waals surface area (Å²) in [4.78, 5) is 18.2. The number of fused-ring (bicyclic) bond motifs is 1. The highest BCUT2D eigenvalue weighted by Crippen LogP contribution is 2.31. The molecule has 1 fully saturated rings. The van der Waals surface area contributed by atoms with Crippen LogP contribution in [-0.2, 0) is 5.41 Å². The standard InChI is InChI=1S/C34H48N4O/c1-6-8-23-37(24-9-7-2)33(39)28-19-25-38-31(26-28)30(14-13-22-36-20-11-10-12-21-36)32(35-38)27-15-17-29(18-16-27)34(3,4)5/h13-19,25-26H,6-12,20-24H2,1-5H3/b14-13+. The second-order valence-corrected chi connectivity index (χ2v) is 12.1. The molecule has 5 heteroatoms. The van der Waals surface area contributed by atoms with Crippen LogP contribution in [0, 0.1) is 0 Å². The van der Waals surface area contributed by atoms with Gasteiger partial charge in [-0.05, 0) is 61.9 Å². The van der Waals surface area contributed by atoms with E-state index >= 15 is 0 Å². The zero-order valence-electron chi connectivity index (χ0n) is 24.9. The number of carbonyl (C=O) groups is 1. The first-order chi connectivity index (χ1) is 18.8. The van der Waals surface area contributed by atoms with Crippen LogP contribution >= 0.6 is 0 Å². The number of nitrogens with zero attached hydrogens (tertiary/aromatic N) is 4. The zero-order valence-corrected chi connectivity index (χ0v) is 24.9. The second kappa shape index (κ2) is 13.4. The Hall–Kier alpha value is -2.92. The lowest BCUT2D eigenvalue weighted by Crippen LogP contribution is -2.33. The number of piperidine rings is 1. The Balaban J connectivity index is 1.72. The molecule has 0 N–H and O–H groups in total. The van der Waals surface area contributed by atoms with Crippen molar-refractivity contribution in [3.05, 3.63) is 65.4 Å². The predicted octanol–water partition coefficient (Wildman–Crippen LogP) is 7.84. The number of benzene rings is 1. The van der Waals surface area contributed by atoms with E-state index in [2.05, 4.69) is 75.9 Å². The third-order valence-electron chi connectivity index (χ3n) is 7.89. The molecule has 1 aliphatic heterocycles. The average Bonchev–Trinajstić information content (AvgIpc) is 3.30. The zero-order chi connectivity index (χ0) is 27.8. The summed E-state index contributed by atoms with van der Waals surface area (Å²) < 4.78 is 1.94. The summed E-state index contributed by atoms with van der Waals surface area (Å²) in [5, 5.41) is 5.01. The van der Waals surface area contributed by atoms with Gasteiger partial charge in [0.15, 0.2) is 0 Å². The van der Waals surface area contributed by atoms with Gasteiger partial charge in [0.2, 0.25) is 0 Å². The molecule has 2 aromatic heterocycles. The molecule has 1 aromatic carbocycles. The first-order valence-electron chi connectivity index (χ1n) is 15.1. The van der Waals surface area contributed by atoms with E-state index in [1.54, 1.807) is 0 Å². The molecule has 0 aliphatic carbocycles. The highest BCUT2D eigenvalue weighted by molar-refractivity contribution is 5.96. The Morgan fingerprint density at radius 3 is 2.26 bits per heavy atom. The van der Waals surface area contributed by atoms with E-state index in [1.165, 1.54) is 37.9 Å². The van der Waals surface area contributed by atoms with Crippen LogP contribution in [0.1, 0.15) is 101 Å². The molecule has 3 heterocycles. The van der Waals surface area contributed by atoms with E-state index in [4.69, 9.17) is 5.10 Å². The van der Waals surface area contributed by atoms with Gasteiger partial charge in [-0.2, -0.15) is 5.10 Å². The lowest BCUT2D eigenvalue weighted by molar-refractivity contribution is 0.0751. The first kappa shape index (κ1) is 29.1. The molecule has 0 atom stereocenters. The summed E-state index contributed by atoms with van der Waals surface area (Å²) in [6.45, 7) is 16.0. The lowest BCUT2D eigenvalue weighted by Gasteiger charge is -2.24. The number of amides is 1. The van der Waals surface area contributed by atoms with Crippen LogP contribution in [0.2, 0.25) is 0 Å². The maximum absolute atomic E-state index is 13.6. The van der Waals surface area contributed by atoms with Crippen molar-refractivity contribution < 1.29 is 4.79 Å². The molecule has 39 heavy (non-hydrogen) atoms. The minimum atomic E-state index is 0.102. The van der Waals surface area contributed by atoms with Gasteiger partial charge in [0.25, 0.3) is 5.91 Å². The van der Waals surface area contributed by atoms with Crippen molar-refractivity contribution in [2.24, 2.45) is 0 Å². The van der Waals surface area contributed by atoms with Crippen molar-refractivity contribution in [1.29, 1.82) is 0 Å². The van der Waals surface area contributed by atoms with Crippen molar-refractivity contribution in [3.8, 4) is 11.3 Å². The number of rotatable bonds is 11. The van der Waals surface area contributed by atoms with Gasteiger partial charge in [0, 0.05) is 42.5 Å². The monoisotopic (exact) mass is 528 g/mol. The predicted molar refractivity (Wildman–Crippen MR) is 164 cm³/mol.